The van der Waals surface area contributed by atoms with E-state index in [-0.39, 0.29) is 0 Å². The molecule has 0 aliphatic heterocycles. The fraction of sp³-hybridized carbons (Fsp3) is 0.385. The zero-order valence-corrected chi connectivity index (χ0v) is 10.3. The third-order valence-electron chi connectivity index (χ3n) is 2.78. The van der Waals surface area contributed by atoms with Crippen LogP contribution in [0.2, 0.25) is 0 Å². The second-order valence-corrected chi connectivity index (χ2v) is 4.17. The Kier molecular flexibility index (Phi) is 4.31. The van der Waals surface area contributed by atoms with Crippen LogP contribution in [0.1, 0.15) is 25.8 Å². The summed E-state index contributed by atoms with van der Waals surface area (Å²) in [6, 6.07) is 6.45. The molecule has 0 aliphatic rings. The van der Waals surface area contributed by atoms with Gasteiger partial charge >= 0.3 is 11.9 Å². The third kappa shape index (κ3) is 3.00. The maximum absolute atomic E-state index is 11.3. The predicted molar refractivity (Wildman–Crippen MR) is 64.9 cm³/mol. The quantitative estimate of drug-likeness (QED) is 0.807. The first kappa shape index (κ1) is 14.0. The van der Waals surface area contributed by atoms with Crippen molar-refractivity contribution in [3.8, 4) is 5.75 Å². The van der Waals surface area contributed by atoms with Crippen LogP contribution in [0.4, 0.5) is 0 Å². The molecule has 0 bridgehead atoms. The molecule has 0 heterocycles. The minimum absolute atomic E-state index is 0.445. The summed E-state index contributed by atoms with van der Waals surface area (Å²) in [5.74, 6) is -1.67. The van der Waals surface area contributed by atoms with E-state index in [2.05, 4.69) is 0 Å². The molecule has 0 aromatic heterocycles. The maximum atomic E-state index is 11.3. The average Bonchev–Trinajstić information content (AvgIpc) is 2.29. The molecule has 1 atom stereocenters. The maximum Gasteiger partial charge on any atom is 0.314 e. The molecule has 0 aliphatic carbocycles. The minimum atomic E-state index is -1.43. The number of aliphatic carboxylic acids is 2. The summed E-state index contributed by atoms with van der Waals surface area (Å²) in [5.41, 5.74) is -0.989. The number of hydrogen-bond donors (Lipinski definition) is 2. The van der Waals surface area contributed by atoms with E-state index in [4.69, 9.17) is 9.84 Å². The lowest BCUT2D eigenvalue weighted by Crippen LogP contribution is -2.34. The Morgan fingerprint density at radius 1 is 1.22 bits per heavy atom. The molecule has 1 aromatic rings. The van der Waals surface area contributed by atoms with Crippen molar-refractivity contribution in [2.24, 2.45) is 0 Å². The lowest BCUT2D eigenvalue weighted by atomic mass is 9.79. The van der Waals surface area contributed by atoms with E-state index < -0.39 is 23.8 Å². The van der Waals surface area contributed by atoms with Crippen molar-refractivity contribution in [1.29, 1.82) is 0 Å². The highest BCUT2D eigenvalue weighted by molar-refractivity contribution is 5.86. The molecule has 5 heteroatoms. The van der Waals surface area contributed by atoms with Crippen molar-refractivity contribution < 1.29 is 24.5 Å². The van der Waals surface area contributed by atoms with Gasteiger partial charge in [-0.2, -0.15) is 0 Å². The van der Waals surface area contributed by atoms with E-state index in [9.17, 15) is 14.7 Å². The van der Waals surface area contributed by atoms with Gasteiger partial charge in [0.25, 0.3) is 0 Å². The topological polar surface area (TPSA) is 83.8 Å². The van der Waals surface area contributed by atoms with Crippen molar-refractivity contribution >= 4 is 11.9 Å². The summed E-state index contributed by atoms with van der Waals surface area (Å²) >= 11 is 0. The second-order valence-electron chi connectivity index (χ2n) is 4.17. The van der Waals surface area contributed by atoms with Gasteiger partial charge in [0.15, 0.2) is 0 Å². The normalized spacial score (nSPS) is 13.7. The second kappa shape index (κ2) is 5.53. The van der Waals surface area contributed by atoms with Gasteiger partial charge in [-0.15, -0.1) is 0 Å². The van der Waals surface area contributed by atoms with Crippen LogP contribution in [0.25, 0.3) is 0 Å². The largest absolute Gasteiger partial charge is 0.494 e. The fourth-order valence-electron chi connectivity index (χ4n) is 1.69. The molecule has 1 rings (SSSR count). The van der Waals surface area contributed by atoms with Gasteiger partial charge in [-0.25, -0.2) is 0 Å². The van der Waals surface area contributed by atoms with E-state index >= 15 is 0 Å². The van der Waals surface area contributed by atoms with Gasteiger partial charge in [0, 0.05) is 0 Å². The number of carboxylic acid groups (broad SMARTS) is 2. The first-order valence-electron chi connectivity index (χ1n) is 5.58. The van der Waals surface area contributed by atoms with Crippen LogP contribution in [0, 0.1) is 0 Å². The van der Waals surface area contributed by atoms with Gasteiger partial charge in [0.1, 0.15) is 11.2 Å². The zero-order chi connectivity index (χ0) is 13.8. The third-order valence-corrected chi connectivity index (χ3v) is 2.78. The predicted octanol–water partition coefficient (Wildman–Crippen LogP) is 1.90. The first-order valence-corrected chi connectivity index (χ1v) is 5.58. The van der Waals surface area contributed by atoms with Gasteiger partial charge in [-0.05, 0) is 31.5 Å². The fourth-order valence-corrected chi connectivity index (χ4v) is 1.69. The van der Waals surface area contributed by atoms with Crippen LogP contribution in [-0.2, 0) is 15.0 Å². The number of carbonyl (C=O) groups is 2. The van der Waals surface area contributed by atoms with Crippen molar-refractivity contribution in [1.82, 2.24) is 0 Å². The molecular formula is C13H16O5. The molecule has 0 amide bonds. The number of hydrogen-bond acceptors (Lipinski definition) is 3. The van der Waals surface area contributed by atoms with Crippen LogP contribution in [-0.4, -0.2) is 28.8 Å². The molecule has 0 saturated carbocycles. The molecule has 0 spiro atoms. The van der Waals surface area contributed by atoms with E-state index in [1.54, 1.807) is 24.3 Å². The van der Waals surface area contributed by atoms with E-state index in [0.29, 0.717) is 17.9 Å². The highest BCUT2D eigenvalue weighted by Gasteiger charge is 2.37. The Morgan fingerprint density at radius 2 is 1.78 bits per heavy atom. The molecular weight excluding hydrogens is 236 g/mol. The monoisotopic (exact) mass is 252 g/mol. The summed E-state index contributed by atoms with van der Waals surface area (Å²) in [6.45, 7) is 3.77. The van der Waals surface area contributed by atoms with Gasteiger partial charge in [-0.3, -0.25) is 9.59 Å². The molecule has 0 saturated heterocycles. The van der Waals surface area contributed by atoms with Crippen LogP contribution in [0.3, 0.4) is 0 Å². The zero-order valence-electron chi connectivity index (χ0n) is 10.3. The highest BCUT2D eigenvalue weighted by atomic mass is 16.5. The highest BCUT2D eigenvalue weighted by Crippen LogP contribution is 2.29. The smallest absolute Gasteiger partial charge is 0.314 e. The van der Waals surface area contributed by atoms with E-state index in [1.807, 2.05) is 6.92 Å². The van der Waals surface area contributed by atoms with Gasteiger partial charge in [0.05, 0.1) is 13.0 Å². The summed E-state index contributed by atoms with van der Waals surface area (Å²) in [4.78, 5) is 22.0. The molecule has 2 N–H and O–H groups in total. The van der Waals surface area contributed by atoms with Crippen LogP contribution in [0.5, 0.6) is 5.75 Å². The summed E-state index contributed by atoms with van der Waals surface area (Å²) in [6.07, 6.45) is -0.462. The average molecular weight is 252 g/mol. The minimum Gasteiger partial charge on any atom is -0.494 e. The number of carboxylic acids is 2. The van der Waals surface area contributed by atoms with E-state index in [1.165, 1.54) is 6.92 Å². The Balaban J connectivity index is 3.06. The van der Waals surface area contributed by atoms with Crippen molar-refractivity contribution in [3.63, 3.8) is 0 Å². The number of benzene rings is 1. The lowest BCUT2D eigenvalue weighted by molar-refractivity contribution is -0.149. The molecule has 18 heavy (non-hydrogen) atoms. The molecule has 0 unspecified atom stereocenters. The number of rotatable bonds is 6. The molecule has 98 valence electrons. The Labute approximate surface area is 105 Å². The van der Waals surface area contributed by atoms with Crippen molar-refractivity contribution in [3.05, 3.63) is 29.8 Å². The van der Waals surface area contributed by atoms with Crippen LogP contribution < -0.4 is 4.74 Å². The Morgan fingerprint density at radius 3 is 2.17 bits per heavy atom. The van der Waals surface area contributed by atoms with Gasteiger partial charge in [0.2, 0.25) is 0 Å². The summed E-state index contributed by atoms with van der Waals surface area (Å²) in [5, 5.41) is 18.0. The molecule has 0 fully saturated rings. The van der Waals surface area contributed by atoms with Crippen LogP contribution in [0.15, 0.2) is 24.3 Å². The SMILES string of the molecule is CCOc1ccc([C@@](C)(CC(=O)O)C(=O)O)cc1. The number of ether oxygens (including phenoxy) is 1. The lowest BCUT2D eigenvalue weighted by Gasteiger charge is -2.23. The summed E-state index contributed by atoms with van der Waals surface area (Å²) < 4.78 is 5.25. The van der Waals surface area contributed by atoms with Gasteiger partial charge < -0.3 is 14.9 Å². The van der Waals surface area contributed by atoms with Crippen LogP contribution >= 0.6 is 0 Å². The molecule has 5 nitrogen and oxygen atoms in total. The standard InChI is InChI=1S/C13H16O5/c1-3-18-10-6-4-9(5-7-10)13(2,12(16)17)8-11(14)15/h4-7H,3,8H2,1-2H3,(H,14,15)(H,16,17)/t13-/m1/s1. The van der Waals surface area contributed by atoms with Crippen molar-refractivity contribution in [2.45, 2.75) is 25.7 Å². The molecule has 1 aromatic carbocycles. The molecule has 0 radical (unpaired) electrons. The first-order chi connectivity index (χ1) is 8.40. The van der Waals surface area contributed by atoms with E-state index in [0.717, 1.165) is 0 Å². The Hall–Kier alpha value is -2.04. The van der Waals surface area contributed by atoms with Gasteiger partial charge in [-0.1, -0.05) is 12.1 Å². The van der Waals surface area contributed by atoms with Crippen molar-refractivity contribution in [2.75, 3.05) is 6.61 Å². The summed E-state index contributed by atoms with van der Waals surface area (Å²) in [7, 11) is 0. The Bertz CT molecular complexity index is 437.